The van der Waals surface area contributed by atoms with Gasteiger partial charge >= 0.3 is 14.1 Å². The number of imidazole rings is 1. The summed E-state index contributed by atoms with van der Waals surface area (Å²) in [6.07, 6.45) is -3.15. The number of hydrogen-bond acceptors (Lipinski definition) is 13. The molecule has 6 unspecified atom stereocenters. The maximum atomic E-state index is 16.5. The van der Waals surface area contributed by atoms with Gasteiger partial charge in [-0.25, -0.2) is 13.8 Å². The predicted octanol–water partition coefficient (Wildman–Crippen LogP) is 4.19. The van der Waals surface area contributed by atoms with Crippen molar-refractivity contribution in [2.45, 2.75) is 64.5 Å². The first kappa shape index (κ1) is 34.5. The first-order chi connectivity index (χ1) is 22.2. The third-order valence-corrected chi connectivity index (χ3v) is 8.99. The first-order valence-corrected chi connectivity index (χ1v) is 16.5. The smallest absolute Gasteiger partial charge is 0.476 e. The molecular formula is C30H38F2N6O8P+. The Hall–Kier alpha value is -3.79. The number of anilines is 1. The van der Waals surface area contributed by atoms with E-state index < -0.39 is 50.6 Å². The van der Waals surface area contributed by atoms with Crippen LogP contribution < -0.4 is 20.1 Å². The van der Waals surface area contributed by atoms with Crippen LogP contribution >= 0.6 is 8.09 Å². The molecule has 1 aliphatic rings. The average molecular weight is 680 g/mol. The van der Waals surface area contributed by atoms with Crippen molar-refractivity contribution >= 4 is 41.9 Å². The van der Waals surface area contributed by atoms with E-state index in [1.54, 1.807) is 31.2 Å². The normalized spacial score (nSPS) is 24.8. The average Bonchev–Trinajstić information content (AvgIpc) is 3.51. The summed E-state index contributed by atoms with van der Waals surface area (Å²) in [5.74, 6) is -3.98. The minimum absolute atomic E-state index is 0.0234. The highest BCUT2D eigenvalue weighted by Crippen LogP contribution is 2.57. The number of benzene rings is 2. The van der Waals surface area contributed by atoms with Crippen LogP contribution in [-0.4, -0.2) is 79.0 Å². The van der Waals surface area contributed by atoms with E-state index in [0.717, 1.165) is 23.2 Å². The van der Waals surface area contributed by atoms with E-state index in [-0.39, 0.29) is 47.9 Å². The molecule has 1 saturated heterocycles. The van der Waals surface area contributed by atoms with Gasteiger partial charge in [0.15, 0.2) is 41.5 Å². The Morgan fingerprint density at radius 2 is 1.91 bits per heavy atom. The number of aliphatic hydroxyl groups excluding tert-OH is 1. The number of nitrogens with zero attached hydrogens (tertiary/aromatic N) is 4. The number of hydrogen-bond donors (Lipinski definition) is 4. The number of halogens is 2. The molecule has 6 atom stereocenters. The molecule has 5 rings (SSSR count). The quantitative estimate of drug-likeness (QED) is 0.117. The van der Waals surface area contributed by atoms with E-state index in [9.17, 15) is 14.8 Å². The summed E-state index contributed by atoms with van der Waals surface area (Å²) in [7, 11) is -4.43. The van der Waals surface area contributed by atoms with Crippen molar-refractivity contribution in [2.75, 3.05) is 25.6 Å². The highest BCUT2D eigenvalue weighted by Gasteiger charge is 2.66. The van der Waals surface area contributed by atoms with Crippen LogP contribution in [0.4, 0.5) is 14.7 Å². The summed E-state index contributed by atoms with van der Waals surface area (Å²) in [4.78, 5) is 36.7. The molecule has 2 aromatic heterocycles. The van der Waals surface area contributed by atoms with Gasteiger partial charge in [-0.05, 0) is 38.1 Å². The van der Waals surface area contributed by atoms with Crippen molar-refractivity contribution in [1.29, 1.82) is 0 Å². The molecule has 0 saturated carbocycles. The highest BCUT2D eigenvalue weighted by molar-refractivity contribution is 7.59. The van der Waals surface area contributed by atoms with Gasteiger partial charge in [0, 0.05) is 5.39 Å². The molecule has 2 aromatic carbocycles. The van der Waals surface area contributed by atoms with Gasteiger partial charge in [0.25, 0.3) is 5.85 Å². The SMILES string of the molecule is CCOc1nc(N)nc2c1ncn2C1OC(F)(CO[P+](O)(NC(C)C(=O)OCC(C)C)Oc2cccc3ccccc23)C(O)C1(C)F. The van der Waals surface area contributed by atoms with Crippen LogP contribution in [0.1, 0.15) is 40.8 Å². The van der Waals surface area contributed by atoms with E-state index in [4.69, 9.17) is 29.0 Å². The number of ether oxygens (including phenoxy) is 3. The zero-order valence-electron chi connectivity index (χ0n) is 26.5. The van der Waals surface area contributed by atoms with Gasteiger partial charge in [0.1, 0.15) is 6.04 Å². The lowest BCUT2D eigenvalue weighted by atomic mass is 9.97. The minimum atomic E-state index is -4.43. The van der Waals surface area contributed by atoms with Crippen molar-refractivity contribution in [2.24, 2.45) is 5.92 Å². The predicted molar refractivity (Wildman–Crippen MR) is 168 cm³/mol. The number of nitrogens with one attached hydrogen (secondary N) is 1. The zero-order chi connectivity index (χ0) is 34.1. The van der Waals surface area contributed by atoms with Gasteiger partial charge in [-0.3, -0.25) is 13.9 Å². The fourth-order valence-electron chi connectivity index (χ4n) is 5.02. The van der Waals surface area contributed by atoms with Crippen molar-refractivity contribution in [3.05, 3.63) is 48.8 Å². The van der Waals surface area contributed by atoms with Crippen LogP contribution in [0.3, 0.4) is 0 Å². The van der Waals surface area contributed by atoms with Gasteiger partial charge in [-0.1, -0.05) is 55.3 Å². The Morgan fingerprint density at radius 3 is 2.64 bits per heavy atom. The maximum absolute atomic E-state index is 16.5. The third-order valence-electron chi connectivity index (χ3n) is 7.35. The Kier molecular flexibility index (Phi) is 9.83. The van der Waals surface area contributed by atoms with E-state index in [1.165, 1.54) is 6.92 Å². The maximum Gasteiger partial charge on any atom is 0.544 e. The summed E-state index contributed by atoms with van der Waals surface area (Å²) < 4.78 is 61.6. The summed E-state index contributed by atoms with van der Waals surface area (Å²) >= 11 is 0. The number of carbonyl (C=O) groups excluding carboxylic acids is 1. The number of nitrogens with two attached hydrogens (primary N) is 1. The second kappa shape index (κ2) is 13.4. The van der Waals surface area contributed by atoms with E-state index in [0.29, 0.717) is 5.39 Å². The summed E-state index contributed by atoms with van der Waals surface area (Å²) in [5.41, 5.74) is 3.10. The number of nitrogen functional groups attached to an aromatic ring is 1. The van der Waals surface area contributed by atoms with E-state index in [1.807, 2.05) is 32.0 Å². The van der Waals surface area contributed by atoms with E-state index in [2.05, 4.69) is 20.0 Å². The second-order valence-electron chi connectivity index (χ2n) is 11.7. The summed E-state index contributed by atoms with van der Waals surface area (Å²) in [6, 6.07) is 11.0. The fourth-order valence-corrected chi connectivity index (χ4v) is 6.58. The van der Waals surface area contributed by atoms with Crippen LogP contribution in [-0.2, 0) is 18.8 Å². The molecule has 0 amide bonds. The molecule has 0 bridgehead atoms. The lowest BCUT2D eigenvalue weighted by molar-refractivity contribution is -0.203. The second-order valence-corrected chi connectivity index (χ2v) is 13.4. The number of esters is 1. The zero-order valence-corrected chi connectivity index (χ0v) is 27.4. The van der Waals surface area contributed by atoms with Crippen LogP contribution in [0.5, 0.6) is 11.6 Å². The largest absolute Gasteiger partial charge is 0.544 e. The highest BCUT2D eigenvalue weighted by atomic mass is 31.2. The number of aliphatic hydroxyl groups is 1. The van der Waals surface area contributed by atoms with Gasteiger partial charge < -0.3 is 25.1 Å². The van der Waals surface area contributed by atoms with Crippen LogP contribution in [0.15, 0.2) is 48.8 Å². The lowest BCUT2D eigenvalue weighted by Gasteiger charge is -2.26. The Morgan fingerprint density at radius 1 is 1.19 bits per heavy atom. The molecule has 0 radical (unpaired) electrons. The van der Waals surface area contributed by atoms with Crippen LogP contribution in [0, 0.1) is 5.92 Å². The lowest BCUT2D eigenvalue weighted by Crippen LogP contribution is -2.47. The van der Waals surface area contributed by atoms with Crippen molar-refractivity contribution in [1.82, 2.24) is 24.6 Å². The van der Waals surface area contributed by atoms with Gasteiger partial charge in [0.2, 0.25) is 11.8 Å². The topological polar surface area (TPSA) is 185 Å². The Labute approximate surface area is 269 Å². The first-order valence-electron chi connectivity index (χ1n) is 14.9. The standard InChI is InChI=1S/C30H38F2N6O8P/c1-6-42-24-22-23(35-28(33)36-24)38(16-34-22)27-29(5,31)26(40)30(32,45-27)15-44-47(41,37-18(4)25(39)43-14-17(2)3)46-21-13-9-11-19-10-7-8-12-20(19)21/h7-13,16-18,26-27,37,40-41H,6,14-15H2,1-5H3,(H2,33,35,36)/q+1. The summed E-state index contributed by atoms with van der Waals surface area (Å²) in [6.45, 7) is 6.86. The number of alkyl halides is 2. The van der Waals surface area contributed by atoms with Crippen molar-refractivity contribution in [3.63, 3.8) is 0 Å². The van der Waals surface area contributed by atoms with Crippen LogP contribution in [0.25, 0.3) is 21.9 Å². The Bertz CT molecular complexity index is 1740. The number of aromatic nitrogens is 4. The summed E-state index contributed by atoms with van der Waals surface area (Å²) in [5, 5.41) is 14.9. The van der Waals surface area contributed by atoms with Gasteiger partial charge in [0.05, 0.1) is 19.5 Å². The third kappa shape index (κ3) is 7.08. The molecule has 1 aliphatic heterocycles. The molecule has 0 aliphatic carbocycles. The monoisotopic (exact) mass is 679 g/mol. The number of carbonyl (C=O) groups is 1. The molecule has 4 aromatic rings. The molecule has 1 fully saturated rings. The van der Waals surface area contributed by atoms with Crippen molar-refractivity contribution < 1.29 is 46.8 Å². The molecular weight excluding hydrogens is 641 g/mol. The van der Waals surface area contributed by atoms with Gasteiger partial charge in [-0.15, -0.1) is 0 Å². The molecule has 3 heterocycles. The van der Waals surface area contributed by atoms with Gasteiger partial charge in [-0.2, -0.15) is 19.4 Å². The Balaban J connectivity index is 1.44. The minimum Gasteiger partial charge on any atom is -0.476 e. The molecule has 14 nitrogen and oxygen atoms in total. The molecule has 47 heavy (non-hydrogen) atoms. The van der Waals surface area contributed by atoms with Crippen LogP contribution in [0.2, 0.25) is 0 Å². The molecule has 254 valence electrons. The fraction of sp³-hybridized carbons (Fsp3) is 0.467. The number of fused-ring (bicyclic) bond motifs is 2. The molecule has 5 N–H and O–H groups in total. The molecule has 0 spiro atoms. The van der Waals surface area contributed by atoms with Crippen molar-refractivity contribution in [3.8, 4) is 11.6 Å². The number of rotatable bonds is 13. The van der Waals surface area contributed by atoms with E-state index >= 15 is 8.78 Å². The molecule has 17 heteroatoms.